The Hall–Kier alpha value is -3.83. The highest BCUT2D eigenvalue weighted by Gasteiger charge is 2.30. The Labute approximate surface area is 232 Å². The first-order valence-electron chi connectivity index (χ1n) is 13.3. The van der Waals surface area contributed by atoms with Gasteiger partial charge in [0.25, 0.3) is 0 Å². The number of carbonyl (C=O) groups is 3. The molecular formula is C29H34O11. The number of carbonyl (C=O) groups excluding carboxylic acids is 3. The van der Waals surface area contributed by atoms with Crippen molar-refractivity contribution in [1.82, 2.24) is 0 Å². The van der Waals surface area contributed by atoms with E-state index in [1.165, 1.54) is 14.2 Å². The van der Waals surface area contributed by atoms with Crippen LogP contribution < -0.4 is 9.47 Å². The number of rotatable bonds is 10. The van der Waals surface area contributed by atoms with Crippen molar-refractivity contribution < 1.29 is 52.9 Å². The van der Waals surface area contributed by atoms with Crippen LogP contribution in [0.5, 0.6) is 11.5 Å². The van der Waals surface area contributed by atoms with Gasteiger partial charge in [-0.25, -0.2) is 14.4 Å². The molecule has 0 saturated heterocycles. The molecule has 0 aromatic heterocycles. The van der Waals surface area contributed by atoms with Crippen LogP contribution >= 0.6 is 0 Å². The maximum Gasteiger partial charge on any atom is 0.508 e. The third-order valence-corrected chi connectivity index (χ3v) is 6.90. The molecule has 2 saturated carbocycles. The van der Waals surface area contributed by atoms with Crippen molar-refractivity contribution in [2.45, 2.75) is 75.8 Å². The van der Waals surface area contributed by atoms with E-state index in [4.69, 9.17) is 38.5 Å². The molecule has 0 atom stereocenters. The van der Waals surface area contributed by atoms with E-state index in [1.807, 2.05) is 0 Å². The molecule has 11 nitrogen and oxygen atoms in total. The smallest absolute Gasteiger partial charge is 0.497 e. The topological polar surface area (TPSA) is 125 Å². The monoisotopic (exact) mass is 558 g/mol. The van der Waals surface area contributed by atoms with Gasteiger partial charge in [0, 0.05) is 0 Å². The normalized spacial score (nSPS) is 22.4. The Bertz CT molecular complexity index is 1050. The van der Waals surface area contributed by atoms with E-state index in [2.05, 4.69) is 0 Å². The van der Waals surface area contributed by atoms with Crippen molar-refractivity contribution in [1.29, 1.82) is 0 Å². The lowest BCUT2D eigenvalue weighted by molar-refractivity contribution is -0.282. The molecule has 0 radical (unpaired) electrons. The lowest BCUT2D eigenvalue weighted by atomic mass is 9.95. The highest BCUT2D eigenvalue weighted by Crippen LogP contribution is 2.27. The molecule has 40 heavy (non-hydrogen) atoms. The maximum absolute atomic E-state index is 12.3. The van der Waals surface area contributed by atoms with Crippen LogP contribution in [0.2, 0.25) is 0 Å². The van der Waals surface area contributed by atoms with Crippen molar-refractivity contribution in [3.63, 3.8) is 0 Å². The second kappa shape index (κ2) is 14.5. The molecular weight excluding hydrogens is 524 g/mol. The molecule has 2 aliphatic carbocycles. The van der Waals surface area contributed by atoms with Crippen LogP contribution in [0.25, 0.3) is 0 Å². The minimum atomic E-state index is -0.706. The summed E-state index contributed by atoms with van der Waals surface area (Å²) in [6, 6.07) is 13.2. The largest absolute Gasteiger partial charge is 0.508 e. The summed E-state index contributed by atoms with van der Waals surface area (Å²) >= 11 is 0. The molecule has 0 unspecified atom stereocenters. The van der Waals surface area contributed by atoms with Gasteiger partial charge in [-0.3, -0.25) is 9.78 Å². The molecule has 0 bridgehead atoms. The average Bonchev–Trinajstić information content (AvgIpc) is 3.00. The van der Waals surface area contributed by atoms with Crippen molar-refractivity contribution >= 4 is 18.1 Å². The number of hydrogen-bond acceptors (Lipinski definition) is 11. The van der Waals surface area contributed by atoms with Crippen LogP contribution in [0.15, 0.2) is 48.5 Å². The lowest BCUT2D eigenvalue weighted by Gasteiger charge is -2.29. The summed E-state index contributed by atoms with van der Waals surface area (Å²) < 4.78 is 21.2. The molecule has 2 aromatic carbocycles. The molecule has 0 spiro atoms. The van der Waals surface area contributed by atoms with Crippen molar-refractivity contribution in [3.05, 3.63) is 59.7 Å². The predicted molar refractivity (Wildman–Crippen MR) is 139 cm³/mol. The van der Waals surface area contributed by atoms with Gasteiger partial charge >= 0.3 is 18.1 Å². The van der Waals surface area contributed by atoms with E-state index in [0.29, 0.717) is 74.0 Å². The summed E-state index contributed by atoms with van der Waals surface area (Å²) in [4.78, 5) is 57.3. The molecule has 4 rings (SSSR count). The number of ether oxygens (including phenoxy) is 4. The van der Waals surface area contributed by atoms with Crippen LogP contribution in [0.3, 0.4) is 0 Å². The first kappa shape index (κ1) is 29.2. The number of methoxy groups -OCH3 is 2. The second-order valence-corrected chi connectivity index (χ2v) is 9.68. The zero-order valence-electron chi connectivity index (χ0n) is 22.6. The fourth-order valence-electron chi connectivity index (χ4n) is 4.61. The van der Waals surface area contributed by atoms with Crippen LogP contribution in [0, 0.1) is 0 Å². The van der Waals surface area contributed by atoms with Gasteiger partial charge in [0.2, 0.25) is 0 Å². The maximum atomic E-state index is 12.3. The highest BCUT2D eigenvalue weighted by atomic mass is 17.2. The summed E-state index contributed by atoms with van der Waals surface area (Å²) in [5, 5.41) is 0. The Morgan fingerprint density at radius 1 is 0.575 bits per heavy atom. The Kier molecular flexibility index (Phi) is 10.6. The van der Waals surface area contributed by atoms with Crippen LogP contribution in [-0.4, -0.2) is 56.7 Å². The van der Waals surface area contributed by atoms with E-state index >= 15 is 0 Å². The van der Waals surface area contributed by atoms with Gasteiger partial charge < -0.3 is 18.9 Å². The third-order valence-electron chi connectivity index (χ3n) is 6.90. The van der Waals surface area contributed by atoms with Crippen molar-refractivity contribution in [2.75, 3.05) is 14.2 Å². The molecule has 2 aliphatic rings. The van der Waals surface area contributed by atoms with Gasteiger partial charge in [-0.15, -0.1) is 0 Å². The van der Waals surface area contributed by atoms with E-state index in [-0.39, 0.29) is 24.4 Å². The van der Waals surface area contributed by atoms with Gasteiger partial charge in [-0.1, -0.05) is 12.1 Å². The fraction of sp³-hybridized carbons (Fsp3) is 0.483. The Balaban J connectivity index is 1.08. The van der Waals surface area contributed by atoms with Crippen LogP contribution in [0.4, 0.5) is 4.79 Å². The van der Waals surface area contributed by atoms with E-state index in [0.717, 1.165) is 0 Å². The molecule has 0 heterocycles. The number of benzene rings is 2. The van der Waals surface area contributed by atoms with E-state index in [9.17, 15) is 14.4 Å². The Morgan fingerprint density at radius 3 is 1.32 bits per heavy atom. The zero-order chi connectivity index (χ0) is 28.3. The van der Waals surface area contributed by atoms with Gasteiger partial charge in [0.1, 0.15) is 35.9 Å². The van der Waals surface area contributed by atoms with Gasteiger partial charge in [0.05, 0.1) is 25.3 Å². The third kappa shape index (κ3) is 8.59. The minimum absolute atomic E-state index is 0.279. The first-order chi connectivity index (χ1) is 19.4. The molecule has 0 aliphatic heterocycles. The standard InChI is InChI=1S/C29H34O11/c1-33-25-7-3-5-19(17-25)27(30)39-37-23-13-9-21(10-14-23)35-29(32)36-22-11-15-24(16-12-22)38-40-28(31)20-6-4-8-26(18-20)34-2/h3-8,17-18,21-24H,9-16H2,1-2H3. The SMILES string of the molecule is COc1cccc(C(=O)OOC2CCC(OC(=O)OC3CCC(OOC(=O)c4cccc(OC)c4)CC3)CC2)c1. The minimum Gasteiger partial charge on any atom is -0.497 e. The van der Waals surface area contributed by atoms with Gasteiger partial charge in [-0.05, 0) is 87.8 Å². The average molecular weight is 559 g/mol. The summed E-state index contributed by atoms with van der Waals surface area (Å²) in [5.41, 5.74) is 0.655. The van der Waals surface area contributed by atoms with Gasteiger partial charge in [0.15, 0.2) is 0 Å². The molecule has 2 fully saturated rings. The predicted octanol–water partition coefficient (Wildman–Crippen LogP) is 5.36. The zero-order valence-corrected chi connectivity index (χ0v) is 22.6. The second-order valence-electron chi connectivity index (χ2n) is 9.68. The Morgan fingerprint density at radius 2 is 0.950 bits per heavy atom. The van der Waals surface area contributed by atoms with Crippen molar-refractivity contribution in [2.24, 2.45) is 0 Å². The first-order valence-corrected chi connectivity index (χ1v) is 13.3. The molecule has 11 heteroatoms. The van der Waals surface area contributed by atoms with Gasteiger partial charge in [-0.2, -0.15) is 9.78 Å². The molecule has 0 N–H and O–H groups in total. The quantitative estimate of drug-likeness (QED) is 0.213. The van der Waals surface area contributed by atoms with Crippen LogP contribution in [-0.2, 0) is 29.0 Å². The summed E-state index contributed by atoms with van der Waals surface area (Å²) in [6.45, 7) is 0. The lowest BCUT2D eigenvalue weighted by Crippen LogP contribution is -2.32. The number of hydrogen-bond donors (Lipinski definition) is 0. The highest BCUT2D eigenvalue weighted by molar-refractivity contribution is 5.89. The summed E-state index contributed by atoms with van der Waals surface area (Å²) in [7, 11) is 3.04. The summed E-state index contributed by atoms with van der Waals surface area (Å²) in [5.74, 6) is -0.107. The molecule has 0 amide bonds. The van der Waals surface area contributed by atoms with Crippen LogP contribution in [0.1, 0.15) is 72.1 Å². The fourth-order valence-corrected chi connectivity index (χ4v) is 4.61. The van der Waals surface area contributed by atoms with E-state index in [1.54, 1.807) is 48.5 Å². The van der Waals surface area contributed by atoms with Crippen molar-refractivity contribution in [3.8, 4) is 11.5 Å². The van der Waals surface area contributed by atoms with E-state index < -0.39 is 18.1 Å². The molecule has 216 valence electrons. The summed E-state index contributed by atoms with van der Waals surface area (Å²) in [6.07, 6.45) is 2.69. The molecule has 2 aromatic rings.